The normalized spacial score (nSPS) is 11.7. The van der Waals surface area contributed by atoms with E-state index >= 15 is 0 Å². The molecule has 0 bridgehead atoms. The summed E-state index contributed by atoms with van der Waals surface area (Å²) in [6.45, 7) is 0. The number of hydrogen-bond donors (Lipinski definition) is 1. The fourth-order valence-corrected chi connectivity index (χ4v) is 2.49. The van der Waals surface area contributed by atoms with Crippen molar-refractivity contribution in [2.45, 2.75) is 9.79 Å². The van der Waals surface area contributed by atoms with Gasteiger partial charge in [0.1, 0.15) is 0 Å². The molecule has 0 aromatic heterocycles. The fraction of sp³-hybridized carbons (Fsp3) is 0. The van der Waals surface area contributed by atoms with E-state index in [1.54, 1.807) is 11.8 Å². The van der Waals surface area contributed by atoms with Crippen LogP contribution in [0.5, 0.6) is 0 Å². The average Bonchev–Trinajstić information content (AvgIpc) is 2.26. The Kier molecular flexibility index (Phi) is 3.13. The molecule has 0 spiro atoms. The summed E-state index contributed by atoms with van der Waals surface area (Å²) in [5, 5.41) is 3.36. The van der Waals surface area contributed by atoms with Crippen molar-refractivity contribution < 1.29 is 19.5 Å². The first-order valence-electron chi connectivity index (χ1n) is 4.48. The Balaban J connectivity index is 0.000000853. The summed E-state index contributed by atoms with van der Waals surface area (Å²) in [6.07, 6.45) is 0. The maximum Gasteiger partial charge on any atom is 0.0606 e. The van der Waals surface area contributed by atoms with Crippen molar-refractivity contribution in [3.63, 3.8) is 0 Å². The Morgan fingerprint density at radius 2 is 1.80 bits per heavy atom. The molecular weight excluding hydrogens is 256 g/mol. The fourth-order valence-electron chi connectivity index (χ4n) is 1.52. The second kappa shape index (κ2) is 4.38. The standard InChI is InChI=1S/C12H8NS.Zn/c1-3-7-11-9(5-1)13-10-6-2-4-8-12(10)14-11;/h1-5,7-8,13H;. The summed E-state index contributed by atoms with van der Waals surface area (Å²) in [5.41, 5.74) is 2.25. The zero-order chi connectivity index (χ0) is 9.38. The second-order valence-electron chi connectivity index (χ2n) is 3.13. The minimum Gasteiger partial charge on any atom is -0.353 e. The maximum atomic E-state index is 3.36. The van der Waals surface area contributed by atoms with Gasteiger partial charge < -0.3 is 5.32 Å². The molecule has 3 rings (SSSR count). The molecule has 0 aliphatic carbocycles. The molecule has 1 nitrogen and oxygen atoms in total. The summed E-state index contributed by atoms with van der Waals surface area (Å²) < 4.78 is 0. The van der Waals surface area contributed by atoms with Crippen LogP contribution in [0.25, 0.3) is 0 Å². The molecular formula is C12H8NSZn. The summed E-state index contributed by atoms with van der Waals surface area (Å²) in [4.78, 5) is 2.52. The van der Waals surface area contributed by atoms with Crippen LogP contribution in [0.1, 0.15) is 0 Å². The molecule has 1 aliphatic heterocycles. The molecule has 0 unspecified atom stereocenters. The largest absolute Gasteiger partial charge is 0.353 e. The van der Waals surface area contributed by atoms with E-state index in [1.807, 2.05) is 18.2 Å². The van der Waals surface area contributed by atoms with Gasteiger partial charge in [-0.1, -0.05) is 36.0 Å². The quantitative estimate of drug-likeness (QED) is 0.621. The summed E-state index contributed by atoms with van der Waals surface area (Å²) >= 11 is 1.79. The van der Waals surface area contributed by atoms with E-state index in [9.17, 15) is 0 Å². The minimum atomic E-state index is 0. The van der Waals surface area contributed by atoms with Crippen molar-refractivity contribution in [1.82, 2.24) is 0 Å². The van der Waals surface area contributed by atoms with Crippen LogP contribution >= 0.6 is 11.8 Å². The zero-order valence-electron chi connectivity index (χ0n) is 8.16. The van der Waals surface area contributed by atoms with Gasteiger partial charge in [-0.3, -0.25) is 0 Å². The zero-order valence-corrected chi connectivity index (χ0v) is 11.9. The van der Waals surface area contributed by atoms with E-state index < -0.39 is 0 Å². The van der Waals surface area contributed by atoms with Crippen molar-refractivity contribution in [2.75, 3.05) is 5.32 Å². The summed E-state index contributed by atoms with van der Waals surface area (Å²) in [6, 6.07) is 17.6. The molecule has 0 saturated carbocycles. The van der Waals surface area contributed by atoms with Gasteiger partial charge in [0.25, 0.3) is 0 Å². The molecule has 3 heteroatoms. The Morgan fingerprint density at radius 3 is 2.73 bits per heavy atom. The minimum absolute atomic E-state index is 0. The van der Waals surface area contributed by atoms with Gasteiger partial charge in [-0.2, -0.15) is 0 Å². The van der Waals surface area contributed by atoms with E-state index in [2.05, 4.69) is 35.6 Å². The summed E-state index contributed by atoms with van der Waals surface area (Å²) in [5.74, 6) is 0. The average molecular weight is 264 g/mol. The number of para-hydroxylation sites is 2. The predicted molar refractivity (Wildman–Crippen MR) is 59.1 cm³/mol. The van der Waals surface area contributed by atoms with Gasteiger partial charge in [0.15, 0.2) is 0 Å². The molecule has 1 N–H and O–H groups in total. The van der Waals surface area contributed by atoms with Crippen molar-refractivity contribution in [1.29, 1.82) is 0 Å². The van der Waals surface area contributed by atoms with Crippen LogP contribution in [0.3, 0.4) is 0 Å². The van der Waals surface area contributed by atoms with Gasteiger partial charge in [0.2, 0.25) is 0 Å². The predicted octanol–water partition coefficient (Wildman–Crippen LogP) is 3.69. The van der Waals surface area contributed by atoms with Gasteiger partial charge in [-0.15, -0.1) is 0 Å². The van der Waals surface area contributed by atoms with Crippen LogP contribution in [0.15, 0.2) is 52.3 Å². The Bertz CT molecular complexity index is 397. The van der Waals surface area contributed by atoms with Crippen LogP contribution in [0, 0.1) is 6.07 Å². The first-order chi connectivity index (χ1) is 6.93. The Labute approximate surface area is 106 Å². The number of anilines is 2. The first-order valence-corrected chi connectivity index (χ1v) is 5.30. The van der Waals surface area contributed by atoms with Crippen LogP contribution in [0.4, 0.5) is 11.4 Å². The topological polar surface area (TPSA) is 12.0 Å². The third-order valence-corrected chi connectivity index (χ3v) is 3.32. The molecule has 1 aliphatic rings. The van der Waals surface area contributed by atoms with Crippen molar-refractivity contribution in [3.8, 4) is 0 Å². The van der Waals surface area contributed by atoms with E-state index in [4.69, 9.17) is 0 Å². The van der Waals surface area contributed by atoms with Crippen molar-refractivity contribution >= 4 is 23.1 Å². The molecule has 2 aromatic carbocycles. The number of fused-ring (bicyclic) bond motifs is 2. The van der Waals surface area contributed by atoms with E-state index in [1.165, 1.54) is 15.5 Å². The van der Waals surface area contributed by atoms with Gasteiger partial charge in [0, 0.05) is 35.3 Å². The van der Waals surface area contributed by atoms with Crippen molar-refractivity contribution in [2.24, 2.45) is 0 Å². The number of hydrogen-bond acceptors (Lipinski definition) is 2. The molecule has 2 aromatic rings. The molecule has 69 valence electrons. The SMILES string of the molecule is [Zn].[c]1cccc2c1Nc1ccccc1S2. The van der Waals surface area contributed by atoms with Gasteiger partial charge in [-0.25, -0.2) is 0 Å². The van der Waals surface area contributed by atoms with Gasteiger partial charge in [-0.05, 0) is 18.2 Å². The molecule has 0 fully saturated rings. The molecule has 15 heavy (non-hydrogen) atoms. The first kappa shape index (κ1) is 10.7. The number of benzene rings is 2. The van der Waals surface area contributed by atoms with Crippen LogP contribution < -0.4 is 5.32 Å². The molecule has 0 atom stereocenters. The van der Waals surface area contributed by atoms with Crippen LogP contribution in [-0.4, -0.2) is 0 Å². The monoisotopic (exact) mass is 262 g/mol. The molecule has 1 heterocycles. The van der Waals surface area contributed by atoms with Crippen LogP contribution in [-0.2, 0) is 19.5 Å². The third kappa shape index (κ3) is 1.95. The van der Waals surface area contributed by atoms with E-state index in [0.29, 0.717) is 0 Å². The molecule has 0 saturated heterocycles. The smallest absolute Gasteiger partial charge is 0.0606 e. The van der Waals surface area contributed by atoms with Crippen molar-refractivity contribution in [3.05, 3.63) is 48.5 Å². The summed E-state index contributed by atoms with van der Waals surface area (Å²) in [7, 11) is 0. The van der Waals surface area contributed by atoms with Gasteiger partial charge in [0.05, 0.1) is 11.4 Å². The number of rotatable bonds is 0. The Hall–Kier alpha value is -0.787. The van der Waals surface area contributed by atoms with Gasteiger partial charge >= 0.3 is 0 Å². The molecule has 0 amide bonds. The Morgan fingerprint density at radius 1 is 1.00 bits per heavy atom. The van der Waals surface area contributed by atoms with E-state index in [-0.39, 0.29) is 19.5 Å². The van der Waals surface area contributed by atoms with Crippen LogP contribution in [0.2, 0.25) is 0 Å². The number of nitrogens with one attached hydrogen (secondary N) is 1. The second-order valence-corrected chi connectivity index (χ2v) is 4.22. The molecule has 1 radical (unpaired) electrons. The van der Waals surface area contributed by atoms with E-state index in [0.717, 1.165) is 5.69 Å². The maximum absolute atomic E-state index is 3.36. The third-order valence-electron chi connectivity index (χ3n) is 2.18.